The third-order valence-corrected chi connectivity index (χ3v) is 1.74. The molecule has 2 nitrogen and oxygen atoms in total. The highest BCUT2D eigenvalue weighted by Crippen LogP contribution is 2.27. The fourth-order valence-corrected chi connectivity index (χ4v) is 1.07. The Morgan fingerprint density at radius 3 is 2.64 bits per heavy atom. The molecule has 0 amide bonds. The molecule has 0 unspecified atom stereocenters. The molecule has 0 saturated carbocycles. The predicted molar refractivity (Wildman–Crippen MR) is 44.6 cm³/mol. The predicted octanol–water partition coefficient (Wildman–Crippen LogP) is 2.03. The van der Waals surface area contributed by atoms with Crippen molar-refractivity contribution in [2.24, 2.45) is 0 Å². The van der Waals surface area contributed by atoms with Gasteiger partial charge in [0.15, 0.2) is 0 Å². The van der Waals surface area contributed by atoms with E-state index in [0.29, 0.717) is 18.4 Å². The Bertz CT molecular complexity index is 298. The topological polar surface area (TPSA) is 33.1 Å². The summed E-state index contributed by atoms with van der Waals surface area (Å²) in [6.45, 7) is -0.0241. The van der Waals surface area contributed by atoms with Gasteiger partial charge in [-0.2, -0.15) is 13.2 Å². The number of hydrogen-bond donors (Lipinski definition) is 1. The summed E-state index contributed by atoms with van der Waals surface area (Å²) in [4.78, 5) is 3.23. The summed E-state index contributed by atoms with van der Waals surface area (Å²) in [6, 6.07) is 2.53. The number of aliphatic hydroxyl groups is 1. The van der Waals surface area contributed by atoms with Gasteiger partial charge in [0, 0.05) is 12.8 Å². The Kier molecular flexibility index (Phi) is 3.46. The van der Waals surface area contributed by atoms with E-state index in [2.05, 4.69) is 4.98 Å². The van der Waals surface area contributed by atoms with Crippen molar-refractivity contribution in [3.63, 3.8) is 0 Å². The molecule has 78 valence electrons. The maximum Gasteiger partial charge on any atom is 0.433 e. The first-order chi connectivity index (χ1) is 6.54. The van der Waals surface area contributed by atoms with Crippen molar-refractivity contribution in [3.8, 4) is 0 Å². The lowest BCUT2D eigenvalue weighted by atomic mass is 10.1. The first-order valence-electron chi connectivity index (χ1n) is 4.17. The van der Waals surface area contributed by atoms with E-state index in [1.54, 1.807) is 0 Å². The maximum absolute atomic E-state index is 12.2. The van der Waals surface area contributed by atoms with Gasteiger partial charge >= 0.3 is 6.18 Å². The Labute approximate surface area is 79.4 Å². The van der Waals surface area contributed by atoms with Crippen LogP contribution >= 0.6 is 0 Å². The van der Waals surface area contributed by atoms with E-state index in [9.17, 15) is 13.2 Å². The molecule has 5 heteroatoms. The van der Waals surface area contributed by atoms with Crippen LogP contribution in [0.25, 0.3) is 0 Å². The van der Waals surface area contributed by atoms with Crippen LogP contribution in [0.1, 0.15) is 17.7 Å². The monoisotopic (exact) mass is 205 g/mol. The molecule has 0 fully saturated rings. The van der Waals surface area contributed by atoms with E-state index in [1.807, 2.05) is 0 Å². The third kappa shape index (κ3) is 2.99. The van der Waals surface area contributed by atoms with Gasteiger partial charge in [0.2, 0.25) is 0 Å². The van der Waals surface area contributed by atoms with E-state index in [1.165, 1.54) is 6.07 Å². The Morgan fingerprint density at radius 2 is 2.07 bits per heavy atom. The summed E-state index contributed by atoms with van der Waals surface area (Å²) in [5.41, 5.74) is -0.339. The Hall–Kier alpha value is -1.10. The quantitative estimate of drug-likeness (QED) is 0.818. The third-order valence-electron chi connectivity index (χ3n) is 1.74. The maximum atomic E-state index is 12.2. The van der Waals surface area contributed by atoms with Crippen molar-refractivity contribution in [2.45, 2.75) is 19.0 Å². The zero-order chi connectivity index (χ0) is 10.6. The standard InChI is InChI=1S/C9H10F3NO/c10-9(11,12)8-6-7(2-1-5-14)3-4-13-8/h3-4,6,14H,1-2,5H2. The van der Waals surface area contributed by atoms with E-state index in [-0.39, 0.29) is 6.61 Å². The second-order valence-electron chi connectivity index (χ2n) is 2.87. The summed E-state index contributed by atoms with van der Waals surface area (Å²) in [7, 11) is 0. The van der Waals surface area contributed by atoms with Crippen LogP contribution in [-0.2, 0) is 12.6 Å². The van der Waals surface area contributed by atoms with Gasteiger partial charge in [-0.1, -0.05) is 0 Å². The zero-order valence-corrected chi connectivity index (χ0v) is 7.38. The fourth-order valence-electron chi connectivity index (χ4n) is 1.07. The van der Waals surface area contributed by atoms with Crippen LogP contribution in [0.15, 0.2) is 18.3 Å². The summed E-state index contributed by atoms with van der Waals surface area (Å²) in [5.74, 6) is 0. The number of alkyl halides is 3. The summed E-state index contributed by atoms with van der Waals surface area (Å²) in [6.07, 6.45) is -2.37. The van der Waals surface area contributed by atoms with E-state index in [0.717, 1.165) is 12.3 Å². The number of pyridine rings is 1. The SMILES string of the molecule is OCCCc1ccnc(C(F)(F)F)c1. The van der Waals surface area contributed by atoms with Crippen LogP contribution < -0.4 is 0 Å². The number of nitrogens with zero attached hydrogens (tertiary/aromatic N) is 1. The number of aryl methyl sites for hydroxylation is 1. The number of halogens is 3. The van der Waals surface area contributed by atoms with Crippen molar-refractivity contribution < 1.29 is 18.3 Å². The Morgan fingerprint density at radius 1 is 1.36 bits per heavy atom. The number of aliphatic hydroxyl groups excluding tert-OH is 1. The molecule has 0 saturated heterocycles. The lowest BCUT2D eigenvalue weighted by molar-refractivity contribution is -0.141. The van der Waals surface area contributed by atoms with Gasteiger partial charge in [-0.05, 0) is 30.5 Å². The van der Waals surface area contributed by atoms with Gasteiger partial charge in [-0.3, -0.25) is 4.98 Å². The molecule has 0 aromatic carbocycles. The van der Waals surface area contributed by atoms with Crippen molar-refractivity contribution in [3.05, 3.63) is 29.6 Å². The largest absolute Gasteiger partial charge is 0.433 e. The lowest BCUT2D eigenvalue weighted by Gasteiger charge is -2.06. The van der Waals surface area contributed by atoms with Crippen molar-refractivity contribution >= 4 is 0 Å². The summed E-state index contributed by atoms with van der Waals surface area (Å²) in [5, 5.41) is 8.52. The van der Waals surface area contributed by atoms with E-state index < -0.39 is 11.9 Å². The molecule has 0 aliphatic rings. The smallest absolute Gasteiger partial charge is 0.396 e. The van der Waals surface area contributed by atoms with Gasteiger partial charge in [0.1, 0.15) is 5.69 Å². The summed E-state index contributed by atoms with van der Waals surface area (Å²) < 4.78 is 36.5. The molecule has 1 aromatic heterocycles. The molecular weight excluding hydrogens is 195 g/mol. The fraction of sp³-hybridized carbons (Fsp3) is 0.444. The Balaban J connectivity index is 2.79. The summed E-state index contributed by atoms with van der Waals surface area (Å²) >= 11 is 0. The normalized spacial score (nSPS) is 11.7. The number of aromatic nitrogens is 1. The van der Waals surface area contributed by atoms with Gasteiger partial charge in [-0.15, -0.1) is 0 Å². The molecule has 1 aromatic rings. The molecule has 0 spiro atoms. The molecule has 0 bridgehead atoms. The minimum Gasteiger partial charge on any atom is -0.396 e. The molecule has 0 aliphatic carbocycles. The molecule has 1 N–H and O–H groups in total. The average molecular weight is 205 g/mol. The van der Waals surface area contributed by atoms with E-state index >= 15 is 0 Å². The van der Waals surface area contributed by atoms with Gasteiger partial charge < -0.3 is 5.11 Å². The second kappa shape index (κ2) is 4.41. The van der Waals surface area contributed by atoms with Crippen LogP contribution in [0.4, 0.5) is 13.2 Å². The minimum absolute atomic E-state index is 0.0241. The van der Waals surface area contributed by atoms with Crippen LogP contribution in [0, 0.1) is 0 Å². The molecule has 1 heterocycles. The molecular formula is C9H10F3NO. The molecule has 0 radical (unpaired) electrons. The van der Waals surface area contributed by atoms with E-state index in [4.69, 9.17) is 5.11 Å². The van der Waals surface area contributed by atoms with Crippen molar-refractivity contribution in [2.75, 3.05) is 6.61 Å². The lowest BCUT2D eigenvalue weighted by Crippen LogP contribution is -2.08. The first-order valence-corrected chi connectivity index (χ1v) is 4.17. The number of rotatable bonds is 3. The van der Waals surface area contributed by atoms with Gasteiger partial charge in [0.05, 0.1) is 0 Å². The molecule has 0 atom stereocenters. The molecule has 0 aliphatic heterocycles. The highest BCUT2D eigenvalue weighted by molar-refractivity contribution is 5.18. The average Bonchev–Trinajstić information content (AvgIpc) is 2.14. The zero-order valence-electron chi connectivity index (χ0n) is 7.38. The second-order valence-corrected chi connectivity index (χ2v) is 2.87. The van der Waals surface area contributed by atoms with Gasteiger partial charge in [-0.25, -0.2) is 0 Å². The van der Waals surface area contributed by atoms with Crippen molar-refractivity contribution in [1.29, 1.82) is 0 Å². The highest BCUT2D eigenvalue weighted by Gasteiger charge is 2.32. The van der Waals surface area contributed by atoms with Crippen molar-refractivity contribution in [1.82, 2.24) is 4.98 Å². The van der Waals surface area contributed by atoms with Gasteiger partial charge in [0.25, 0.3) is 0 Å². The first kappa shape index (κ1) is 11.0. The number of hydrogen-bond acceptors (Lipinski definition) is 2. The van der Waals surface area contributed by atoms with Crippen LogP contribution in [0.3, 0.4) is 0 Å². The highest BCUT2D eigenvalue weighted by atomic mass is 19.4. The van der Waals surface area contributed by atoms with Crippen LogP contribution in [0.2, 0.25) is 0 Å². The van der Waals surface area contributed by atoms with Crippen LogP contribution in [-0.4, -0.2) is 16.7 Å². The van der Waals surface area contributed by atoms with Crippen LogP contribution in [0.5, 0.6) is 0 Å². The molecule has 1 rings (SSSR count). The molecule has 14 heavy (non-hydrogen) atoms. The minimum atomic E-state index is -4.39.